The highest BCUT2D eigenvalue weighted by atomic mass is 32.1. The smallest absolute Gasteiger partial charge is 0.387 e. The molecule has 2 heterocycles. The van der Waals surface area contributed by atoms with E-state index in [4.69, 9.17) is 9.47 Å². The Balaban J connectivity index is 1.94. The molecule has 0 radical (unpaired) electrons. The Morgan fingerprint density at radius 2 is 1.77 bits per heavy atom. The molecule has 3 aromatic rings. The predicted octanol–water partition coefficient (Wildman–Crippen LogP) is 3.72. The third kappa shape index (κ3) is 5.58. The van der Waals surface area contributed by atoms with Crippen LogP contribution in [0.5, 0.6) is 17.2 Å². The largest absolute Gasteiger partial charge is 0.497 e. The Hall–Kier alpha value is -3.99. The molecule has 0 spiro atoms. The number of hydrogen-bond acceptors (Lipinski definition) is 7. The second kappa shape index (κ2) is 11.8. The maximum Gasteiger partial charge on any atom is 0.387 e. The first-order valence-electron chi connectivity index (χ1n) is 12.3. The Kier molecular flexibility index (Phi) is 8.49. The fourth-order valence-electron chi connectivity index (χ4n) is 4.52. The van der Waals surface area contributed by atoms with Gasteiger partial charge in [-0.3, -0.25) is 14.2 Å². The second-order valence-corrected chi connectivity index (χ2v) is 9.62. The van der Waals surface area contributed by atoms with Gasteiger partial charge in [-0.25, -0.2) is 4.99 Å². The van der Waals surface area contributed by atoms with Gasteiger partial charge < -0.3 is 19.1 Å². The van der Waals surface area contributed by atoms with Crippen LogP contribution in [0, 0.1) is 0 Å². The summed E-state index contributed by atoms with van der Waals surface area (Å²) in [6.45, 7) is 3.60. The Bertz CT molecular complexity index is 1570. The number of ether oxygens (including phenoxy) is 3. The van der Waals surface area contributed by atoms with Crippen LogP contribution in [0.3, 0.4) is 0 Å². The number of nitrogens with zero attached hydrogens (tertiary/aromatic N) is 3. The first-order valence-corrected chi connectivity index (χ1v) is 13.1. The molecule has 0 saturated carbocycles. The summed E-state index contributed by atoms with van der Waals surface area (Å²) in [7, 11) is 3.07. The van der Waals surface area contributed by atoms with Crippen molar-refractivity contribution >= 4 is 23.3 Å². The van der Waals surface area contributed by atoms with Gasteiger partial charge in [-0.1, -0.05) is 23.5 Å². The van der Waals surface area contributed by atoms with Crippen molar-refractivity contribution in [3.05, 3.63) is 84.5 Å². The molecule has 11 heteroatoms. The topological polar surface area (TPSA) is 82.4 Å². The van der Waals surface area contributed by atoms with Crippen molar-refractivity contribution in [1.29, 1.82) is 0 Å². The van der Waals surface area contributed by atoms with E-state index in [1.807, 2.05) is 13.8 Å². The summed E-state index contributed by atoms with van der Waals surface area (Å²) in [5, 5.41) is 0. The van der Waals surface area contributed by atoms with Crippen LogP contribution in [-0.2, 0) is 4.79 Å². The predicted molar refractivity (Wildman–Crippen MR) is 144 cm³/mol. The van der Waals surface area contributed by atoms with E-state index in [0.717, 1.165) is 0 Å². The molecule has 206 valence electrons. The monoisotopic (exact) mass is 557 g/mol. The molecule has 1 atom stereocenters. The van der Waals surface area contributed by atoms with Crippen LogP contribution >= 0.6 is 11.3 Å². The van der Waals surface area contributed by atoms with Crippen molar-refractivity contribution in [2.75, 3.05) is 27.3 Å². The van der Waals surface area contributed by atoms with E-state index in [1.165, 1.54) is 42.3 Å². The van der Waals surface area contributed by atoms with Crippen molar-refractivity contribution in [2.45, 2.75) is 33.4 Å². The van der Waals surface area contributed by atoms with Crippen molar-refractivity contribution < 1.29 is 27.8 Å². The van der Waals surface area contributed by atoms with Crippen molar-refractivity contribution in [1.82, 2.24) is 9.47 Å². The zero-order valence-electron chi connectivity index (χ0n) is 22.2. The number of aromatic nitrogens is 1. The highest BCUT2D eigenvalue weighted by Crippen LogP contribution is 2.38. The maximum atomic E-state index is 13.9. The van der Waals surface area contributed by atoms with Gasteiger partial charge in [0.15, 0.2) is 4.80 Å². The molecule has 39 heavy (non-hydrogen) atoms. The van der Waals surface area contributed by atoms with E-state index in [9.17, 15) is 18.4 Å². The lowest BCUT2D eigenvalue weighted by molar-refractivity contribution is -0.127. The van der Waals surface area contributed by atoms with Gasteiger partial charge in [0.1, 0.15) is 23.3 Å². The standard InChI is InChI=1S/C28H29F2N3O5S/c1-6-32(7-2)26(35)23-16(3)31-28-33(24(23)20-15-19(36-4)12-13-21(20)37-5)25(34)22(39-28)14-17-8-10-18(11-9-17)38-27(29)30/h8-15,24,27H,6-7H2,1-5H3/b22-14-/t24-/m0/s1. The molecular formula is C28H29F2N3O5S. The molecule has 8 nitrogen and oxygen atoms in total. The van der Waals surface area contributed by atoms with Crippen LogP contribution in [0.25, 0.3) is 6.08 Å². The van der Waals surface area contributed by atoms with E-state index in [-0.39, 0.29) is 17.2 Å². The van der Waals surface area contributed by atoms with Gasteiger partial charge in [-0.05, 0) is 62.7 Å². The number of carbonyl (C=O) groups excluding carboxylic acids is 1. The number of methoxy groups -OCH3 is 2. The Labute approximate surface area is 228 Å². The molecule has 4 rings (SSSR count). The molecular weight excluding hydrogens is 528 g/mol. The lowest BCUT2D eigenvalue weighted by Crippen LogP contribution is -2.43. The summed E-state index contributed by atoms with van der Waals surface area (Å²) in [6.07, 6.45) is 1.65. The molecule has 1 aromatic heterocycles. The number of fused-ring (bicyclic) bond motifs is 1. The molecule has 1 aliphatic heterocycles. The first-order chi connectivity index (χ1) is 18.7. The van der Waals surface area contributed by atoms with Crippen LogP contribution in [0.15, 0.2) is 63.5 Å². The minimum atomic E-state index is -2.93. The van der Waals surface area contributed by atoms with Gasteiger partial charge in [0.25, 0.3) is 11.5 Å². The summed E-state index contributed by atoms with van der Waals surface area (Å²) < 4.78 is 42.4. The van der Waals surface area contributed by atoms with Crippen molar-refractivity contribution in [3.8, 4) is 17.2 Å². The average molecular weight is 558 g/mol. The summed E-state index contributed by atoms with van der Waals surface area (Å²) in [4.78, 5) is 34.4. The molecule has 0 bridgehead atoms. The molecule has 0 aliphatic carbocycles. The van der Waals surface area contributed by atoms with Gasteiger partial charge in [-0.2, -0.15) is 8.78 Å². The van der Waals surface area contributed by atoms with Crippen LogP contribution < -0.4 is 29.1 Å². The quantitative estimate of drug-likeness (QED) is 0.401. The number of rotatable bonds is 9. The molecule has 0 saturated heterocycles. The fraction of sp³-hybridized carbons (Fsp3) is 0.321. The zero-order valence-corrected chi connectivity index (χ0v) is 23.1. The molecule has 1 amide bonds. The number of hydrogen-bond donors (Lipinski definition) is 0. The normalized spacial score (nSPS) is 15.2. The van der Waals surface area contributed by atoms with Crippen LogP contribution in [0.2, 0.25) is 0 Å². The van der Waals surface area contributed by atoms with E-state index < -0.39 is 12.7 Å². The zero-order chi connectivity index (χ0) is 28.3. The molecule has 0 fully saturated rings. The van der Waals surface area contributed by atoms with Crippen molar-refractivity contribution in [3.63, 3.8) is 0 Å². The van der Waals surface area contributed by atoms with Crippen LogP contribution in [0.4, 0.5) is 8.78 Å². The summed E-state index contributed by atoms with van der Waals surface area (Å²) in [6, 6.07) is 10.4. The number of halogens is 2. The molecule has 2 aromatic carbocycles. The second-order valence-electron chi connectivity index (χ2n) is 8.61. The van der Waals surface area contributed by atoms with Gasteiger partial charge in [0.05, 0.1) is 30.0 Å². The first kappa shape index (κ1) is 28.0. The number of alkyl halides is 2. The number of carbonyl (C=O) groups is 1. The lowest BCUT2D eigenvalue weighted by Gasteiger charge is -2.30. The summed E-state index contributed by atoms with van der Waals surface area (Å²) in [5.74, 6) is 0.830. The van der Waals surface area contributed by atoms with Crippen molar-refractivity contribution in [2.24, 2.45) is 4.99 Å². The SMILES string of the molecule is CCN(CC)C(=O)C1=C(C)N=c2s/c(=C\c3ccc(OC(F)F)cc3)c(=O)n2[C@H]1c1cc(OC)ccc1OC. The Morgan fingerprint density at radius 1 is 1.10 bits per heavy atom. The summed E-state index contributed by atoms with van der Waals surface area (Å²) >= 11 is 1.18. The van der Waals surface area contributed by atoms with Gasteiger partial charge in [0.2, 0.25) is 0 Å². The number of allylic oxidation sites excluding steroid dienone is 1. The van der Waals surface area contributed by atoms with Gasteiger partial charge >= 0.3 is 6.61 Å². The molecule has 1 aliphatic rings. The third-order valence-corrected chi connectivity index (χ3v) is 7.42. The lowest BCUT2D eigenvalue weighted by atomic mass is 9.93. The van der Waals surface area contributed by atoms with E-state index in [2.05, 4.69) is 9.73 Å². The highest BCUT2D eigenvalue weighted by Gasteiger charge is 2.36. The van der Waals surface area contributed by atoms with E-state index in [1.54, 1.807) is 48.2 Å². The molecule has 0 N–H and O–H groups in total. The van der Waals surface area contributed by atoms with Gasteiger partial charge in [-0.15, -0.1) is 0 Å². The third-order valence-electron chi connectivity index (χ3n) is 6.44. The average Bonchev–Trinajstić information content (AvgIpc) is 3.22. The van der Waals surface area contributed by atoms with Crippen LogP contribution in [-0.4, -0.2) is 49.3 Å². The fourth-order valence-corrected chi connectivity index (χ4v) is 5.57. The van der Waals surface area contributed by atoms with Crippen LogP contribution in [0.1, 0.15) is 37.9 Å². The van der Waals surface area contributed by atoms with Gasteiger partial charge in [0, 0.05) is 18.7 Å². The number of amides is 1. The highest BCUT2D eigenvalue weighted by molar-refractivity contribution is 7.07. The Morgan fingerprint density at radius 3 is 2.36 bits per heavy atom. The summed E-state index contributed by atoms with van der Waals surface area (Å²) in [5.41, 5.74) is 1.73. The number of likely N-dealkylation sites (N-methyl/N-ethyl adjacent to an activating group) is 1. The number of benzene rings is 2. The number of thiazole rings is 1. The van der Waals surface area contributed by atoms with E-state index in [0.29, 0.717) is 56.3 Å². The van der Waals surface area contributed by atoms with E-state index >= 15 is 0 Å². The minimum Gasteiger partial charge on any atom is -0.497 e. The molecule has 0 unspecified atom stereocenters. The maximum absolute atomic E-state index is 13.9. The minimum absolute atomic E-state index is 0.0175.